The molecule has 0 atom stereocenters. The monoisotopic (exact) mass is 333 g/mol. The van der Waals surface area contributed by atoms with Crippen LogP contribution in [0.25, 0.3) is 10.6 Å². The number of nitrogens with zero attached hydrogens (tertiary/aromatic N) is 1. The summed E-state index contributed by atoms with van der Waals surface area (Å²) in [6, 6.07) is 3.48. The lowest BCUT2D eigenvalue weighted by molar-refractivity contribution is 0.0843. The van der Waals surface area contributed by atoms with Crippen LogP contribution in [0.15, 0.2) is 39.0 Å². The van der Waals surface area contributed by atoms with E-state index in [0.717, 1.165) is 10.6 Å². The predicted molar refractivity (Wildman–Crippen MR) is 83.8 cm³/mol. The van der Waals surface area contributed by atoms with E-state index in [1.54, 1.807) is 23.6 Å². The van der Waals surface area contributed by atoms with Crippen LogP contribution in [0.5, 0.6) is 0 Å². The minimum atomic E-state index is -0.466. The molecule has 112 valence electrons. The standard InChI is InChI=1S/C14H11N3O3S2/c1-8-10(2-4-20-8)12(18)16-17-13(19)11-7-22-14(15-11)9-3-5-21-6-9/h2-7H,1H3,(H,16,18)(H,17,19). The van der Waals surface area contributed by atoms with Gasteiger partial charge in [0.2, 0.25) is 0 Å². The Balaban J connectivity index is 1.63. The molecule has 22 heavy (non-hydrogen) atoms. The summed E-state index contributed by atoms with van der Waals surface area (Å²) in [6.07, 6.45) is 1.42. The molecule has 0 fully saturated rings. The molecule has 6 nitrogen and oxygen atoms in total. The lowest BCUT2D eigenvalue weighted by atomic mass is 10.2. The van der Waals surface area contributed by atoms with E-state index in [0.29, 0.717) is 11.3 Å². The largest absolute Gasteiger partial charge is 0.469 e. The normalized spacial score (nSPS) is 10.4. The van der Waals surface area contributed by atoms with Crippen molar-refractivity contribution in [2.45, 2.75) is 6.92 Å². The van der Waals surface area contributed by atoms with Crippen LogP contribution in [0.2, 0.25) is 0 Å². The number of amides is 2. The summed E-state index contributed by atoms with van der Waals surface area (Å²) < 4.78 is 5.04. The fourth-order valence-corrected chi connectivity index (χ4v) is 3.27. The third-order valence-corrected chi connectivity index (χ3v) is 4.47. The van der Waals surface area contributed by atoms with E-state index < -0.39 is 11.8 Å². The van der Waals surface area contributed by atoms with Crippen molar-refractivity contribution in [1.29, 1.82) is 0 Å². The average molecular weight is 333 g/mol. The van der Waals surface area contributed by atoms with Crippen LogP contribution in [-0.4, -0.2) is 16.8 Å². The number of carbonyl (C=O) groups is 2. The summed E-state index contributed by atoms with van der Waals surface area (Å²) in [4.78, 5) is 28.1. The Morgan fingerprint density at radius 1 is 1.18 bits per heavy atom. The molecule has 3 aromatic heterocycles. The molecule has 0 unspecified atom stereocenters. The minimum absolute atomic E-state index is 0.260. The van der Waals surface area contributed by atoms with E-state index in [1.165, 1.54) is 23.7 Å². The van der Waals surface area contributed by atoms with Gasteiger partial charge in [0.05, 0.1) is 11.8 Å². The number of thiazole rings is 1. The second-order valence-corrected chi connectivity index (χ2v) is 5.99. The molecule has 8 heteroatoms. The Morgan fingerprint density at radius 2 is 2.00 bits per heavy atom. The van der Waals surface area contributed by atoms with Gasteiger partial charge >= 0.3 is 0 Å². The van der Waals surface area contributed by atoms with Gasteiger partial charge in [0, 0.05) is 16.3 Å². The number of carbonyl (C=O) groups excluding carboxylic acids is 2. The highest BCUT2D eigenvalue weighted by atomic mass is 32.1. The summed E-state index contributed by atoms with van der Waals surface area (Å²) in [5, 5.41) is 6.33. The van der Waals surface area contributed by atoms with Crippen LogP contribution < -0.4 is 10.9 Å². The number of aromatic nitrogens is 1. The van der Waals surface area contributed by atoms with Gasteiger partial charge in [-0.3, -0.25) is 20.4 Å². The molecule has 0 aromatic carbocycles. The summed E-state index contributed by atoms with van der Waals surface area (Å²) in [5.74, 6) is -0.416. The molecule has 0 aliphatic rings. The molecule has 0 bridgehead atoms. The van der Waals surface area contributed by atoms with Crippen LogP contribution >= 0.6 is 22.7 Å². The number of nitrogens with one attached hydrogen (secondary N) is 2. The first kappa shape index (κ1) is 14.5. The van der Waals surface area contributed by atoms with Gasteiger partial charge in [-0.25, -0.2) is 4.98 Å². The molecule has 0 saturated carbocycles. The number of hydrogen-bond acceptors (Lipinski definition) is 6. The minimum Gasteiger partial charge on any atom is -0.469 e. The van der Waals surface area contributed by atoms with Gasteiger partial charge in [-0.1, -0.05) is 0 Å². The number of hydrogen-bond donors (Lipinski definition) is 2. The lowest BCUT2D eigenvalue weighted by Crippen LogP contribution is -2.41. The van der Waals surface area contributed by atoms with E-state index in [2.05, 4.69) is 15.8 Å². The van der Waals surface area contributed by atoms with Crippen LogP contribution in [0.1, 0.15) is 26.6 Å². The molecule has 2 amide bonds. The van der Waals surface area contributed by atoms with Crippen molar-refractivity contribution in [2.75, 3.05) is 0 Å². The number of aryl methyl sites for hydroxylation is 1. The highest BCUT2D eigenvalue weighted by molar-refractivity contribution is 7.14. The van der Waals surface area contributed by atoms with Gasteiger partial charge in [-0.05, 0) is 24.4 Å². The van der Waals surface area contributed by atoms with Crippen LogP contribution in [-0.2, 0) is 0 Å². The number of hydrazine groups is 1. The van der Waals surface area contributed by atoms with E-state index in [-0.39, 0.29) is 5.69 Å². The molecule has 0 aliphatic heterocycles. The molecule has 2 N–H and O–H groups in total. The third-order valence-electron chi connectivity index (χ3n) is 2.90. The first-order valence-electron chi connectivity index (χ1n) is 6.28. The second-order valence-electron chi connectivity index (χ2n) is 4.35. The first-order chi connectivity index (χ1) is 10.6. The van der Waals surface area contributed by atoms with E-state index >= 15 is 0 Å². The van der Waals surface area contributed by atoms with Crippen molar-refractivity contribution in [3.8, 4) is 10.6 Å². The quantitative estimate of drug-likeness (QED) is 0.722. The second kappa shape index (κ2) is 6.12. The van der Waals surface area contributed by atoms with Crippen LogP contribution in [0.3, 0.4) is 0 Å². The fraction of sp³-hybridized carbons (Fsp3) is 0.0714. The van der Waals surface area contributed by atoms with Crippen molar-refractivity contribution < 1.29 is 14.0 Å². The Kier molecular flexibility index (Phi) is 4.03. The summed E-state index contributed by atoms with van der Waals surface area (Å²) in [7, 11) is 0. The topological polar surface area (TPSA) is 84.2 Å². The molecular formula is C14H11N3O3S2. The molecule has 0 spiro atoms. The highest BCUT2D eigenvalue weighted by Gasteiger charge is 2.15. The summed E-state index contributed by atoms with van der Waals surface area (Å²) in [5.41, 5.74) is 6.29. The Labute approximate surface area is 133 Å². The number of furan rings is 1. The molecular weight excluding hydrogens is 322 g/mol. The maximum Gasteiger partial charge on any atom is 0.289 e. The van der Waals surface area contributed by atoms with Gasteiger partial charge in [0.1, 0.15) is 16.5 Å². The zero-order valence-electron chi connectivity index (χ0n) is 11.5. The maximum atomic E-state index is 12.0. The molecule has 0 aliphatic carbocycles. The average Bonchev–Trinajstić information content (AvgIpc) is 3.23. The van der Waals surface area contributed by atoms with Crippen molar-refractivity contribution in [1.82, 2.24) is 15.8 Å². The Bertz CT molecular complexity index is 805. The summed E-state index contributed by atoms with van der Waals surface area (Å²) in [6.45, 7) is 1.67. The maximum absolute atomic E-state index is 12.0. The van der Waals surface area contributed by atoms with Crippen molar-refractivity contribution in [2.24, 2.45) is 0 Å². The van der Waals surface area contributed by atoms with E-state index in [4.69, 9.17) is 4.42 Å². The SMILES string of the molecule is Cc1occc1C(=O)NNC(=O)c1csc(-c2ccsc2)n1. The zero-order valence-corrected chi connectivity index (χ0v) is 13.1. The van der Waals surface area contributed by atoms with Gasteiger partial charge in [0.15, 0.2) is 0 Å². The number of rotatable bonds is 3. The highest BCUT2D eigenvalue weighted by Crippen LogP contribution is 2.25. The predicted octanol–water partition coefficient (Wildman–Crippen LogP) is 2.85. The smallest absolute Gasteiger partial charge is 0.289 e. The third kappa shape index (κ3) is 2.92. The van der Waals surface area contributed by atoms with Crippen molar-refractivity contribution in [3.05, 3.63) is 51.6 Å². The van der Waals surface area contributed by atoms with Gasteiger partial charge < -0.3 is 4.42 Å². The lowest BCUT2D eigenvalue weighted by Gasteiger charge is -2.04. The summed E-state index contributed by atoms with van der Waals surface area (Å²) >= 11 is 2.94. The molecule has 3 heterocycles. The molecule has 3 rings (SSSR count). The first-order valence-corrected chi connectivity index (χ1v) is 8.10. The Hall–Kier alpha value is -2.45. The van der Waals surface area contributed by atoms with Gasteiger partial charge in [0.25, 0.3) is 11.8 Å². The number of thiophene rings is 1. The molecule has 0 radical (unpaired) electrons. The fourth-order valence-electron chi connectivity index (χ4n) is 1.76. The van der Waals surface area contributed by atoms with E-state index in [9.17, 15) is 9.59 Å². The van der Waals surface area contributed by atoms with Crippen LogP contribution in [0, 0.1) is 6.92 Å². The molecule has 3 aromatic rings. The van der Waals surface area contributed by atoms with Gasteiger partial charge in [-0.15, -0.1) is 11.3 Å². The molecule has 0 saturated heterocycles. The van der Waals surface area contributed by atoms with Crippen LogP contribution in [0.4, 0.5) is 0 Å². The van der Waals surface area contributed by atoms with Crippen molar-refractivity contribution in [3.63, 3.8) is 0 Å². The van der Waals surface area contributed by atoms with Gasteiger partial charge in [-0.2, -0.15) is 11.3 Å². The van der Waals surface area contributed by atoms with E-state index in [1.807, 2.05) is 16.8 Å². The Morgan fingerprint density at radius 3 is 2.68 bits per heavy atom. The zero-order chi connectivity index (χ0) is 15.5. The van der Waals surface area contributed by atoms with Crippen molar-refractivity contribution >= 4 is 34.5 Å².